The molecule has 8 heteroatoms. The highest BCUT2D eigenvalue weighted by atomic mass is 16.5. The molecule has 3 heterocycles. The Labute approximate surface area is 182 Å². The summed E-state index contributed by atoms with van der Waals surface area (Å²) in [6.07, 6.45) is 8.50. The summed E-state index contributed by atoms with van der Waals surface area (Å²) >= 11 is 0. The monoisotopic (exact) mass is 422 g/mol. The topological polar surface area (TPSA) is 109 Å². The van der Waals surface area contributed by atoms with Gasteiger partial charge in [0.15, 0.2) is 0 Å². The van der Waals surface area contributed by atoms with Crippen molar-refractivity contribution in [3.05, 3.63) is 24.3 Å². The van der Waals surface area contributed by atoms with Gasteiger partial charge >= 0.3 is 0 Å². The third-order valence-corrected chi connectivity index (χ3v) is 6.45. The van der Waals surface area contributed by atoms with E-state index < -0.39 is 5.60 Å². The predicted molar refractivity (Wildman–Crippen MR) is 118 cm³/mol. The quantitative estimate of drug-likeness (QED) is 0.604. The zero-order valence-electron chi connectivity index (χ0n) is 18.4. The number of rotatable bonds is 7. The molecule has 4 rings (SSSR count). The number of pyridine rings is 1. The molecule has 1 aliphatic rings. The van der Waals surface area contributed by atoms with Gasteiger partial charge in [0.25, 0.3) is 0 Å². The summed E-state index contributed by atoms with van der Waals surface area (Å²) in [4.78, 5) is 25.2. The Balaban J connectivity index is 1.66. The third kappa shape index (κ3) is 4.42. The van der Waals surface area contributed by atoms with Crippen LogP contribution < -0.4 is 5.32 Å². The van der Waals surface area contributed by atoms with E-state index >= 15 is 0 Å². The Hall–Kier alpha value is -2.92. The van der Waals surface area contributed by atoms with Crippen molar-refractivity contribution in [1.82, 2.24) is 24.8 Å². The Bertz CT molecular complexity index is 1110. The maximum atomic E-state index is 12.8. The van der Waals surface area contributed by atoms with Gasteiger partial charge in [-0.25, -0.2) is 9.97 Å². The van der Waals surface area contributed by atoms with Crippen molar-refractivity contribution in [2.45, 2.75) is 64.0 Å². The second-order valence-electron chi connectivity index (χ2n) is 9.08. The summed E-state index contributed by atoms with van der Waals surface area (Å²) in [6, 6.07) is 4.60. The van der Waals surface area contributed by atoms with E-state index in [2.05, 4.69) is 25.9 Å². The molecule has 3 aromatic rings. The van der Waals surface area contributed by atoms with Gasteiger partial charge in [0.1, 0.15) is 17.0 Å². The number of nitriles is 1. The van der Waals surface area contributed by atoms with E-state index in [4.69, 9.17) is 15.0 Å². The number of aromatic amines is 1. The van der Waals surface area contributed by atoms with Crippen molar-refractivity contribution in [2.75, 3.05) is 13.7 Å². The summed E-state index contributed by atoms with van der Waals surface area (Å²) in [7, 11) is 1.64. The van der Waals surface area contributed by atoms with Crippen molar-refractivity contribution in [2.24, 2.45) is 5.92 Å². The summed E-state index contributed by atoms with van der Waals surface area (Å²) in [6.45, 7) is 4.32. The van der Waals surface area contributed by atoms with E-state index in [1.807, 2.05) is 26.1 Å². The minimum Gasteiger partial charge on any atom is -0.377 e. The molecule has 1 fully saturated rings. The second kappa shape index (κ2) is 8.67. The molecule has 1 saturated carbocycles. The first kappa shape index (κ1) is 21.3. The molecule has 1 aliphatic carbocycles. The van der Waals surface area contributed by atoms with Crippen molar-refractivity contribution in [3.8, 4) is 6.07 Å². The van der Waals surface area contributed by atoms with E-state index in [0.717, 1.165) is 53.6 Å². The molecule has 2 N–H and O–H groups in total. The number of hydrogen-bond donors (Lipinski definition) is 2. The van der Waals surface area contributed by atoms with Crippen molar-refractivity contribution < 1.29 is 9.53 Å². The zero-order valence-corrected chi connectivity index (χ0v) is 18.4. The number of fused-ring (bicyclic) bond motifs is 3. The Morgan fingerprint density at radius 1 is 1.39 bits per heavy atom. The number of methoxy groups -OCH3 is 1. The molecular weight excluding hydrogens is 392 g/mol. The summed E-state index contributed by atoms with van der Waals surface area (Å²) in [5.74, 6) is 1.16. The molecule has 0 atom stereocenters. The van der Waals surface area contributed by atoms with Crippen LogP contribution in [-0.2, 0) is 16.0 Å². The van der Waals surface area contributed by atoms with Crippen LogP contribution in [0, 0.1) is 17.2 Å². The van der Waals surface area contributed by atoms with Crippen LogP contribution in [-0.4, -0.2) is 44.7 Å². The minimum atomic E-state index is -0.421. The van der Waals surface area contributed by atoms with E-state index in [1.54, 1.807) is 13.3 Å². The molecule has 0 saturated heterocycles. The first-order valence-corrected chi connectivity index (χ1v) is 10.9. The van der Waals surface area contributed by atoms with Crippen molar-refractivity contribution in [1.29, 1.82) is 5.26 Å². The molecular formula is C23H30N6O2. The number of carbonyl (C=O) groups excluding carboxylic acids is 1. The van der Waals surface area contributed by atoms with Gasteiger partial charge in [-0.2, -0.15) is 5.26 Å². The number of hydrogen-bond acceptors (Lipinski definition) is 5. The van der Waals surface area contributed by atoms with Gasteiger partial charge in [0.05, 0.1) is 29.8 Å². The molecule has 0 aliphatic heterocycles. The number of nitrogens with one attached hydrogen (secondary N) is 2. The van der Waals surface area contributed by atoms with Gasteiger partial charge in [-0.1, -0.05) is 0 Å². The van der Waals surface area contributed by atoms with Crippen LogP contribution in [0.5, 0.6) is 0 Å². The SMILES string of the molecule is COC(C)(C)CNC(=O)Cc1nc2cnc3[nH]ccc3c2n1C1CCC(CC#N)CC1. The molecule has 8 nitrogen and oxygen atoms in total. The highest BCUT2D eigenvalue weighted by molar-refractivity contribution is 6.01. The Morgan fingerprint density at radius 2 is 2.16 bits per heavy atom. The summed E-state index contributed by atoms with van der Waals surface area (Å²) in [5.41, 5.74) is 2.25. The number of aromatic nitrogens is 4. The van der Waals surface area contributed by atoms with Crippen LogP contribution in [0.4, 0.5) is 0 Å². The lowest BCUT2D eigenvalue weighted by Crippen LogP contribution is -2.40. The normalized spacial score (nSPS) is 19.5. The number of imidazole rings is 1. The van der Waals surface area contributed by atoms with E-state index in [0.29, 0.717) is 18.9 Å². The molecule has 0 spiro atoms. The van der Waals surface area contributed by atoms with Crippen LogP contribution in [0.2, 0.25) is 0 Å². The number of H-pyrrole nitrogens is 1. The fraction of sp³-hybridized carbons (Fsp3) is 0.565. The van der Waals surface area contributed by atoms with E-state index in [1.165, 1.54) is 0 Å². The summed E-state index contributed by atoms with van der Waals surface area (Å²) < 4.78 is 7.66. The Morgan fingerprint density at radius 3 is 2.87 bits per heavy atom. The third-order valence-electron chi connectivity index (χ3n) is 6.45. The van der Waals surface area contributed by atoms with Gasteiger partial charge in [0.2, 0.25) is 5.91 Å². The number of amides is 1. The lowest BCUT2D eigenvalue weighted by atomic mass is 9.84. The highest BCUT2D eigenvalue weighted by Crippen LogP contribution is 2.37. The van der Waals surface area contributed by atoms with Crippen LogP contribution in [0.1, 0.15) is 57.8 Å². The van der Waals surface area contributed by atoms with Gasteiger partial charge in [-0.15, -0.1) is 0 Å². The van der Waals surface area contributed by atoms with Gasteiger partial charge in [-0.05, 0) is 51.5 Å². The number of carbonyl (C=O) groups is 1. The van der Waals surface area contributed by atoms with Gasteiger partial charge in [0, 0.05) is 37.7 Å². The fourth-order valence-corrected chi connectivity index (χ4v) is 4.48. The number of nitrogens with zero attached hydrogens (tertiary/aromatic N) is 4. The predicted octanol–water partition coefficient (Wildman–Crippen LogP) is 3.64. The zero-order chi connectivity index (χ0) is 22.0. The first-order valence-electron chi connectivity index (χ1n) is 10.9. The molecule has 1 amide bonds. The maximum Gasteiger partial charge on any atom is 0.227 e. The fourth-order valence-electron chi connectivity index (χ4n) is 4.48. The molecule has 0 unspecified atom stereocenters. The second-order valence-corrected chi connectivity index (χ2v) is 9.08. The minimum absolute atomic E-state index is 0.0712. The largest absolute Gasteiger partial charge is 0.377 e. The van der Waals surface area contributed by atoms with E-state index in [9.17, 15) is 4.79 Å². The molecule has 31 heavy (non-hydrogen) atoms. The summed E-state index contributed by atoms with van der Waals surface area (Å²) in [5, 5.41) is 13.0. The Kier molecular flexibility index (Phi) is 5.96. The van der Waals surface area contributed by atoms with Crippen LogP contribution in [0.3, 0.4) is 0 Å². The lowest BCUT2D eigenvalue weighted by Gasteiger charge is -2.30. The number of ether oxygens (including phenoxy) is 1. The molecule has 164 valence electrons. The van der Waals surface area contributed by atoms with Gasteiger partial charge < -0.3 is 19.6 Å². The maximum absolute atomic E-state index is 12.8. The molecule has 3 aromatic heterocycles. The molecule has 0 radical (unpaired) electrons. The molecule has 0 bridgehead atoms. The highest BCUT2D eigenvalue weighted by Gasteiger charge is 2.28. The van der Waals surface area contributed by atoms with Crippen molar-refractivity contribution in [3.63, 3.8) is 0 Å². The average Bonchev–Trinajstić information content (AvgIpc) is 3.37. The standard InChI is InChI=1S/C23H30N6O2/c1-23(2,31-3)14-27-20(30)12-19-28-18-13-26-22-17(9-11-25-22)21(18)29(19)16-6-4-15(5-7-16)8-10-24/h9,11,13,15-16H,4-8,12,14H2,1-3H3,(H,25,26)(H,27,30). The smallest absolute Gasteiger partial charge is 0.227 e. The molecule has 0 aromatic carbocycles. The van der Waals surface area contributed by atoms with E-state index in [-0.39, 0.29) is 18.4 Å². The van der Waals surface area contributed by atoms with Crippen LogP contribution in [0.15, 0.2) is 18.5 Å². The average molecular weight is 423 g/mol. The van der Waals surface area contributed by atoms with Crippen LogP contribution in [0.25, 0.3) is 22.1 Å². The van der Waals surface area contributed by atoms with Crippen LogP contribution >= 0.6 is 0 Å². The lowest BCUT2D eigenvalue weighted by molar-refractivity contribution is -0.121. The first-order chi connectivity index (χ1) is 14.9. The van der Waals surface area contributed by atoms with Gasteiger partial charge in [-0.3, -0.25) is 4.79 Å². The van der Waals surface area contributed by atoms with Crippen molar-refractivity contribution >= 4 is 28.0 Å².